The highest BCUT2D eigenvalue weighted by Crippen LogP contribution is 1.96. The zero-order valence-corrected chi connectivity index (χ0v) is 3.85. The van der Waals surface area contributed by atoms with Gasteiger partial charge in [-0.1, -0.05) is 11.6 Å². The fourth-order valence-corrected chi connectivity index (χ4v) is 0.0797. The van der Waals surface area contributed by atoms with Gasteiger partial charge in [-0.15, -0.1) is 0 Å². The molecule has 0 saturated carbocycles. The first kappa shape index (κ1) is 6.65. The molecule has 1 N–H and O–H groups in total. The van der Waals surface area contributed by atoms with Crippen molar-refractivity contribution in [3.63, 3.8) is 0 Å². The van der Waals surface area contributed by atoms with Gasteiger partial charge in [0.1, 0.15) is 0 Å². The maximum Gasteiger partial charge on any atom is 0.391 e. The lowest BCUT2D eigenvalue weighted by molar-refractivity contribution is -0.236. The van der Waals surface area contributed by atoms with Crippen LogP contribution < -0.4 is 0 Å². The summed E-state index contributed by atoms with van der Waals surface area (Å²) < 4.78 is 11.2. The number of carbonyl (C=O) groups excluding carboxylic acids is 1. The van der Waals surface area contributed by atoms with Gasteiger partial charge in [0.15, 0.2) is 0 Å². The number of carbonyl (C=O) groups is 1. The van der Waals surface area contributed by atoms with Crippen LogP contribution in [0.1, 0.15) is 0 Å². The molecule has 0 saturated heterocycles. The van der Waals surface area contributed by atoms with E-state index in [2.05, 4.69) is 16.5 Å². The fourth-order valence-electron chi connectivity index (χ4n) is 0.0398. The fraction of sp³-hybridized carbons (Fsp3) is 0.500. The molecule has 0 spiro atoms. The Bertz CT molecular complexity index is 73.3. The van der Waals surface area contributed by atoms with Gasteiger partial charge in [-0.25, -0.2) is 9.18 Å². The molecule has 3 nitrogen and oxygen atoms in total. The van der Waals surface area contributed by atoms with Gasteiger partial charge in [-0.3, -0.25) is 4.89 Å². The first-order valence-electron chi connectivity index (χ1n) is 1.32. The number of alkyl halides is 2. The molecule has 0 aliphatic heterocycles. The third-order valence-electron chi connectivity index (χ3n) is 0.268. The van der Waals surface area contributed by atoms with E-state index in [9.17, 15) is 9.18 Å². The van der Waals surface area contributed by atoms with E-state index in [1.807, 2.05) is 0 Å². The largest absolute Gasteiger partial charge is 0.391 e. The van der Waals surface area contributed by atoms with E-state index in [0.717, 1.165) is 0 Å². The molecule has 0 fully saturated rings. The van der Waals surface area contributed by atoms with E-state index in [1.54, 1.807) is 0 Å². The lowest BCUT2D eigenvalue weighted by atomic mass is 10.8. The van der Waals surface area contributed by atoms with Gasteiger partial charge >= 0.3 is 5.97 Å². The van der Waals surface area contributed by atoms with Crippen molar-refractivity contribution in [2.24, 2.45) is 0 Å². The summed E-state index contributed by atoms with van der Waals surface area (Å²) in [7, 11) is 0. The van der Waals surface area contributed by atoms with Crippen LogP contribution in [0, 0.1) is 0 Å². The van der Waals surface area contributed by atoms with Crippen LogP contribution in [0.5, 0.6) is 0 Å². The maximum absolute atomic E-state index is 11.2. The van der Waals surface area contributed by atoms with Crippen molar-refractivity contribution >= 4 is 17.6 Å². The third kappa shape index (κ3) is 2.36. The standard InChI is InChI=1S/C2H2ClFO3/c3-1(4)2(5)7-6/h1,6H. The Balaban J connectivity index is 3.35. The Morgan fingerprint density at radius 2 is 2.43 bits per heavy atom. The lowest BCUT2D eigenvalue weighted by Gasteiger charge is -1.89. The molecule has 0 bridgehead atoms. The van der Waals surface area contributed by atoms with Crippen molar-refractivity contribution in [3.05, 3.63) is 0 Å². The molecule has 7 heavy (non-hydrogen) atoms. The Morgan fingerprint density at radius 1 is 2.00 bits per heavy atom. The van der Waals surface area contributed by atoms with Crippen molar-refractivity contribution in [2.45, 2.75) is 5.63 Å². The molecule has 1 atom stereocenters. The second kappa shape index (κ2) is 2.76. The molecule has 1 unspecified atom stereocenters. The summed E-state index contributed by atoms with van der Waals surface area (Å²) in [6, 6.07) is 0. The molecule has 5 heteroatoms. The molecular formula is C2H2ClFO3. The van der Waals surface area contributed by atoms with Crippen molar-refractivity contribution in [3.8, 4) is 0 Å². The van der Waals surface area contributed by atoms with Crippen molar-refractivity contribution in [1.82, 2.24) is 0 Å². The van der Waals surface area contributed by atoms with E-state index < -0.39 is 11.6 Å². The van der Waals surface area contributed by atoms with Gasteiger partial charge in [0, 0.05) is 0 Å². The first-order valence-corrected chi connectivity index (χ1v) is 1.75. The van der Waals surface area contributed by atoms with Crippen LogP contribution in [-0.4, -0.2) is 16.9 Å². The highest BCUT2D eigenvalue weighted by atomic mass is 35.5. The molecule has 0 heterocycles. The smallest absolute Gasteiger partial charge is 0.296 e. The van der Waals surface area contributed by atoms with Crippen molar-refractivity contribution in [1.29, 1.82) is 0 Å². The summed E-state index contributed by atoms with van der Waals surface area (Å²) >= 11 is 4.43. The zero-order valence-electron chi connectivity index (χ0n) is 3.10. The monoisotopic (exact) mass is 128 g/mol. The van der Waals surface area contributed by atoms with E-state index >= 15 is 0 Å². The normalized spacial score (nSPS) is 13.0. The van der Waals surface area contributed by atoms with E-state index in [0.29, 0.717) is 0 Å². The van der Waals surface area contributed by atoms with Gasteiger partial charge in [0.05, 0.1) is 0 Å². The summed E-state index contributed by atoms with van der Waals surface area (Å²) in [5.74, 6) is -1.50. The Morgan fingerprint density at radius 3 is 2.43 bits per heavy atom. The molecule has 0 aliphatic carbocycles. The molecule has 0 aromatic carbocycles. The van der Waals surface area contributed by atoms with Crippen LogP contribution >= 0.6 is 11.6 Å². The third-order valence-corrected chi connectivity index (χ3v) is 0.446. The average Bonchev–Trinajstić information content (AvgIpc) is 1.65. The highest BCUT2D eigenvalue weighted by molar-refractivity contribution is 6.28. The molecule has 0 aliphatic rings. The average molecular weight is 128 g/mol. The molecule has 42 valence electrons. The Kier molecular flexibility index (Phi) is 2.62. The van der Waals surface area contributed by atoms with Crippen molar-refractivity contribution < 1.29 is 19.3 Å². The summed E-state index contributed by atoms with van der Waals surface area (Å²) in [6.45, 7) is 0. The minimum atomic E-state index is -2.27. The molecule has 0 radical (unpaired) electrons. The van der Waals surface area contributed by atoms with Crippen LogP contribution in [0.2, 0.25) is 0 Å². The molecule has 0 rings (SSSR count). The summed E-state index contributed by atoms with van der Waals surface area (Å²) in [6.07, 6.45) is 0. The summed E-state index contributed by atoms with van der Waals surface area (Å²) in [5, 5.41) is 7.33. The molecule has 0 aromatic rings. The first-order chi connectivity index (χ1) is 3.18. The van der Waals surface area contributed by atoms with Crippen LogP contribution in [0.15, 0.2) is 0 Å². The zero-order chi connectivity index (χ0) is 5.86. The quantitative estimate of drug-likeness (QED) is 0.318. The molecular weight excluding hydrogens is 126 g/mol. The number of hydrogen-bond donors (Lipinski definition) is 1. The number of rotatable bonds is 1. The number of halogens is 2. The van der Waals surface area contributed by atoms with Gasteiger partial charge in [-0.05, 0) is 0 Å². The molecule has 0 amide bonds. The van der Waals surface area contributed by atoms with Crippen LogP contribution in [0.25, 0.3) is 0 Å². The van der Waals surface area contributed by atoms with Gasteiger partial charge < -0.3 is 0 Å². The minimum absolute atomic E-state index is 1.50. The van der Waals surface area contributed by atoms with Gasteiger partial charge in [0.2, 0.25) is 0 Å². The highest BCUT2D eigenvalue weighted by Gasteiger charge is 2.13. The summed E-state index contributed by atoms with van der Waals surface area (Å²) in [5.41, 5.74) is -2.27. The topological polar surface area (TPSA) is 46.5 Å². The SMILES string of the molecule is O=C(OO)C(F)Cl. The van der Waals surface area contributed by atoms with Gasteiger partial charge in [-0.2, -0.15) is 5.26 Å². The second-order valence-corrected chi connectivity index (χ2v) is 1.09. The van der Waals surface area contributed by atoms with Crippen LogP contribution in [-0.2, 0) is 9.68 Å². The minimum Gasteiger partial charge on any atom is -0.296 e. The van der Waals surface area contributed by atoms with Crippen LogP contribution in [0.3, 0.4) is 0 Å². The van der Waals surface area contributed by atoms with E-state index in [1.165, 1.54) is 0 Å². The Hall–Kier alpha value is -0.350. The van der Waals surface area contributed by atoms with Crippen molar-refractivity contribution in [2.75, 3.05) is 0 Å². The second-order valence-electron chi connectivity index (χ2n) is 0.711. The molecule has 0 aromatic heterocycles. The maximum atomic E-state index is 11.2. The number of hydrogen-bond acceptors (Lipinski definition) is 3. The predicted octanol–water partition coefficient (Wildman–Crippen LogP) is 0.537. The predicted molar refractivity (Wildman–Crippen MR) is 19.5 cm³/mol. The van der Waals surface area contributed by atoms with Gasteiger partial charge in [0.25, 0.3) is 5.63 Å². The Labute approximate surface area is 43.6 Å². The van der Waals surface area contributed by atoms with Crippen LogP contribution in [0.4, 0.5) is 4.39 Å². The van der Waals surface area contributed by atoms with E-state index in [-0.39, 0.29) is 0 Å². The lowest BCUT2D eigenvalue weighted by Crippen LogP contribution is -2.09. The van der Waals surface area contributed by atoms with E-state index in [4.69, 9.17) is 5.26 Å². The summed E-state index contributed by atoms with van der Waals surface area (Å²) in [4.78, 5) is 12.4.